The molecule has 8 nitrogen and oxygen atoms in total. The zero-order chi connectivity index (χ0) is 24.5. The summed E-state index contributed by atoms with van der Waals surface area (Å²) in [7, 11) is 4.13. The Morgan fingerprint density at radius 3 is 2.66 bits per heavy atom. The Morgan fingerprint density at radius 2 is 1.94 bits per heavy atom. The summed E-state index contributed by atoms with van der Waals surface area (Å²) in [5.41, 5.74) is 5.66. The minimum absolute atomic E-state index is 0.0789. The van der Waals surface area contributed by atoms with Gasteiger partial charge in [-0.05, 0) is 68.9 Å². The van der Waals surface area contributed by atoms with E-state index >= 15 is 0 Å². The van der Waals surface area contributed by atoms with Crippen LogP contribution in [0.4, 0.5) is 11.6 Å². The molecule has 1 aromatic carbocycles. The summed E-state index contributed by atoms with van der Waals surface area (Å²) >= 11 is 0. The molecular formula is C27H31N7O. The number of pyridine rings is 1. The minimum atomic E-state index is 0.0789. The van der Waals surface area contributed by atoms with E-state index in [0.29, 0.717) is 23.5 Å². The van der Waals surface area contributed by atoms with Crippen LogP contribution < -0.4 is 5.32 Å². The van der Waals surface area contributed by atoms with Crippen molar-refractivity contribution in [2.45, 2.75) is 32.2 Å². The molecular weight excluding hydrogens is 438 g/mol. The van der Waals surface area contributed by atoms with Crippen molar-refractivity contribution < 1.29 is 4.79 Å². The molecule has 1 fully saturated rings. The number of hydrogen-bond donors (Lipinski definition) is 1. The lowest BCUT2D eigenvalue weighted by Crippen LogP contribution is -2.34. The van der Waals surface area contributed by atoms with Crippen LogP contribution in [-0.2, 0) is 0 Å². The second-order valence-corrected chi connectivity index (χ2v) is 9.62. The van der Waals surface area contributed by atoms with Crippen LogP contribution in [0.25, 0.3) is 16.8 Å². The summed E-state index contributed by atoms with van der Waals surface area (Å²) in [6.07, 6.45) is 6.65. The molecule has 8 heteroatoms. The summed E-state index contributed by atoms with van der Waals surface area (Å²) in [5.74, 6) is 0.975. The van der Waals surface area contributed by atoms with Gasteiger partial charge < -0.3 is 15.1 Å². The molecule has 1 N–H and O–H groups in total. The minimum Gasteiger partial charge on any atom is -0.337 e. The number of carbonyl (C=O) groups is 1. The van der Waals surface area contributed by atoms with Gasteiger partial charge in [0.05, 0.1) is 17.4 Å². The molecule has 1 unspecified atom stereocenters. The molecule has 0 spiro atoms. The lowest BCUT2D eigenvalue weighted by atomic mass is 10.0. The highest BCUT2D eigenvalue weighted by Crippen LogP contribution is 2.26. The number of rotatable bonds is 6. The predicted octanol–water partition coefficient (Wildman–Crippen LogP) is 4.43. The number of nitrogens with zero attached hydrogens (tertiary/aromatic N) is 6. The van der Waals surface area contributed by atoms with E-state index in [-0.39, 0.29) is 5.91 Å². The van der Waals surface area contributed by atoms with E-state index in [1.165, 1.54) is 5.56 Å². The zero-order valence-electron chi connectivity index (χ0n) is 20.6. The van der Waals surface area contributed by atoms with Crippen LogP contribution in [0.1, 0.15) is 42.1 Å². The molecule has 180 valence electrons. The number of likely N-dealkylation sites (N-methyl/N-ethyl adjacent to an activating group) is 1. The Hall–Kier alpha value is -3.78. The van der Waals surface area contributed by atoms with Crippen LogP contribution in [0, 0.1) is 0 Å². The molecule has 0 radical (unpaired) electrons. The lowest BCUT2D eigenvalue weighted by Gasteiger charge is -2.20. The third-order valence-corrected chi connectivity index (χ3v) is 6.69. The van der Waals surface area contributed by atoms with Crippen molar-refractivity contribution in [1.82, 2.24) is 29.4 Å². The van der Waals surface area contributed by atoms with Gasteiger partial charge in [-0.25, -0.2) is 14.5 Å². The van der Waals surface area contributed by atoms with Crippen molar-refractivity contribution >= 4 is 23.1 Å². The summed E-state index contributed by atoms with van der Waals surface area (Å²) in [6.45, 7) is 5.91. The summed E-state index contributed by atoms with van der Waals surface area (Å²) in [6, 6.07) is 14.0. The van der Waals surface area contributed by atoms with Gasteiger partial charge in [0.2, 0.25) is 5.95 Å². The van der Waals surface area contributed by atoms with Crippen LogP contribution in [-0.4, -0.2) is 68.5 Å². The molecule has 4 aromatic rings. The van der Waals surface area contributed by atoms with Gasteiger partial charge in [-0.2, -0.15) is 5.10 Å². The third kappa shape index (κ3) is 4.74. The van der Waals surface area contributed by atoms with Gasteiger partial charge in [0, 0.05) is 53.9 Å². The van der Waals surface area contributed by atoms with Crippen molar-refractivity contribution in [2.75, 3.05) is 32.5 Å². The molecule has 0 saturated carbocycles. The topological polar surface area (TPSA) is 78.7 Å². The number of nitrogens with one attached hydrogen (secondary N) is 1. The molecule has 3 aromatic heterocycles. The highest BCUT2D eigenvalue weighted by atomic mass is 16.2. The third-order valence-electron chi connectivity index (χ3n) is 6.69. The fraction of sp³-hybridized carbons (Fsp3) is 0.333. The van der Waals surface area contributed by atoms with Crippen LogP contribution >= 0.6 is 0 Å². The Bertz CT molecular complexity index is 1340. The molecule has 1 amide bonds. The van der Waals surface area contributed by atoms with Crippen molar-refractivity contribution in [3.05, 3.63) is 72.2 Å². The van der Waals surface area contributed by atoms with Crippen LogP contribution in [0.15, 0.2) is 61.1 Å². The van der Waals surface area contributed by atoms with E-state index in [0.717, 1.165) is 42.0 Å². The SMILES string of the molecule is CC(C)c1cnn2ccc(-c3ccnc(Nc4ccc(C(=O)N5CCC(N(C)C)C5)cc4)n3)cc12. The Labute approximate surface area is 205 Å². The smallest absolute Gasteiger partial charge is 0.253 e. The maximum Gasteiger partial charge on any atom is 0.253 e. The Morgan fingerprint density at radius 1 is 1.14 bits per heavy atom. The van der Waals surface area contributed by atoms with Gasteiger partial charge in [0.15, 0.2) is 0 Å². The standard InChI is InChI=1S/C27H31N7O/c1-18(2)23-16-29-34-14-10-20(15-25(23)34)24-9-12-28-27(31-24)30-21-7-5-19(6-8-21)26(35)33-13-11-22(17-33)32(3)4/h5-10,12,14-16,18,22H,11,13,17H2,1-4H3,(H,28,30,31). The Balaban J connectivity index is 1.31. The van der Waals surface area contributed by atoms with Crippen LogP contribution in [0.3, 0.4) is 0 Å². The molecule has 1 aliphatic rings. The average Bonchev–Trinajstić information content (AvgIpc) is 3.52. The number of fused-ring (bicyclic) bond motifs is 1. The van der Waals surface area contributed by atoms with Crippen molar-refractivity contribution in [2.24, 2.45) is 0 Å². The van der Waals surface area contributed by atoms with E-state index in [9.17, 15) is 4.79 Å². The maximum atomic E-state index is 12.9. The van der Waals surface area contributed by atoms with Crippen molar-refractivity contribution in [3.63, 3.8) is 0 Å². The van der Waals surface area contributed by atoms with Gasteiger partial charge in [-0.1, -0.05) is 13.8 Å². The first kappa shape index (κ1) is 23.0. The van der Waals surface area contributed by atoms with E-state index in [2.05, 4.69) is 54.3 Å². The van der Waals surface area contributed by atoms with Crippen molar-refractivity contribution in [1.29, 1.82) is 0 Å². The monoisotopic (exact) mass is 469 g/mol. The van der Waals surface area contributed by atoms with Gasteiger partial charge in [0.25, 0.3) is 5.91 Å². The van der Waals surface area contributed by atoms with Gasteiger partial charge >= 0.3 is 0 Å². The van der Waals surface area contributed by atoms with E-state index in [4.69, 9.17) is 4.98 Å². The Kier molecular flexibility index (Phi) is 6.21. The van der Waals surface area contributed by atoms with E-state index < -0.39 is 0 Å². The number of hydrogen-bond acceptors (Lipinski definition) is 6. The summed E-state index contributed by atoms with van der Waals surface area (Å²) < 4.78 is 1.89. The number of benzene rings is 1. The predicted molar refractivity (Wildman–Crippen MR) is 138 cm³/mol. The molecule has 0 bridgehead atoms. The molecule has 1 saturated heterocycles. The number of anilines is 2. The van der Waals surface area contributed by atoms with E-state index in [1.54, 1.807) is 6.20 Å². The second kappa shape index (κ2) is 9.46. The second-order valence-electron chi connectivity index (χ2n) is 9.62. The van der Waals surface area contributed by atoms with Crippen molar-refractivity contribution in [3.8, 4) is 11.3 Å². The number of aromatic nitrogens is 4. The lowest BCUT2D eigenvalue weighted by molar-refractivity contribution is 0.0783. The quantitative estimate of drug-likeness (QED) is 0.450. The van der Waals surface area contributed by atoms with Gasteiger partial charge in [-0.15, -0.1) is 0 Å². The first-order valence-corrected chi connectivity index (χ1v) is 12.0. The molecule has 0 aliphatic carbocycles. The molecule has 35 heavy (non-hydrogen) atoms. The maximum absolute atomic E-state index is 12.9. The highest BCUT2D eigenvalue weighted by Gasteiger charge is 2.28. The molecule has 1 aliphatic heterocycles. The molecule has 5 rings (SSSR count). The van der Waals surface area contributed by atoms with Gasteiger partial charge in [-0.3, -0.25) is 4.79 Å². The molecule has 4 heterocycles. The number of likely N-dealkylation sites (tertiary alicyclic amines) is 1. The first-order chi connectivity index (χ1) is 16.9. The zero-order valence-corrected chi connectivity index (χ0v) is 20.6. The number of carbonyl (C=O) groups excluding carboxylic acids is 1. The van der Waals surface area contributed by atoms with E-state index in [1.807, 2.05) is 58.2 Å². The number of amides is 1. The normalized spacial score (nSPS) is 15.9. The summed E-state index contributed by atoms with van der Waals surface area (Å²) in [5, 5.41) is 7.71. The molecule has 1 atom stereocenters. The van der Waals surface area contributed by atoms with Gasteiger partial charge in [0.1, 0.15) is 0 Å². The van der Waals surface area contributed by atoms with Crippen LogP contribution in [0.2, 0.25) is 0 Å². The first-order valence-electron chi connectivity index (χ1n) is 12.0. The fourth-order valence-electron chi connectivity index (χ4n) is 4.54. The van der Waals surface area contributed by atoms with Crippen LogP contribution in [0.5, 0.6) is 0 Å². The fourth-order valence-corrected chi connectivity index (χ4v) is 4.54. The largest absolute Gasteiger partial charge is 0.337 e. The average molecular weight is 470 g/mol. The highest BCUT2D eigenvalue weighted by molar-refractivity contribution is 5.94. The summed E-state index contributed by atoms with van der Waals surface area (Å²) in [4.78, 5) is 26.1.